The lowest BCUT2D eigenvalue weighted by Gasteiger charge is -2.13. The second-order valence-electron chi connectivity index (χ2n) is 5.56. The summed E-state index contributed by atoms with van der Waals surface area (Å²) in [7, 11) is 0. The number of carbonyl (C=O) groups is 1. The van der Waals surface area contributed by atoms with Crippen LogP contribution >= 0.6 is 0 Å². The number of rotatable bonds is 3. The van der Waals surface area contributed by atoms with Crippen LogP contribution in [0.15, 0.2) is 45.4 Å². The smallest absolute Gasteiger partial charge is 0.401 e. The molecule has 0 fully saturated rings. The number of aryl methyl sites for hydroxylation is 2. The Morgan fingerprint density at radius 2 is 1.92 bits per heavy atom. The Hall–Kier alpha value is -3.22. The zero-order valence-corrected chi connectivity index (χ0v) is 13.4. The van der Waals surface area contributed by atoms with Crippen LogP contribution in [0.2, 0.25) is 0 Å². The third kappa shape index (κ3) is 2.71. The summed E-state index contributed by atoms with van der Waals surface area (Å²) in [5.41, 5.74) is 3.74. The van der Waals surface area contributed by atoms with Crippen LogP contribution in [-0.2, 0) is 4.79 Å². The highest BCUT2D eigenvalue weighted by atomic mass is 16.6. The molecular weight excluding hydrogens is 310 g/mol. The molecule has 7 heteroatoms. The Balaban J connectivity index is 1.93. The molecular formula is C17H15N3O4. The maximum absolute atomic E-state index is 12.6. The number of hydrogen-bond donors (Lipinski definition) is 0. The maximum atomic E-state index is 12.6. The van der Waals surface area contributed by atoms with E-state index in [1.807, 2.05) is 32.0 Å². The second kappa shape index (κ2) is 5.77. The summed E-state index contributed by atoms with van der Waals surface area (Å²) in [5.74, 6) is -0.427. The Morgan fingerprint density at radius 3 is 2.54 bits per heavy atom. The number of hydrogen-bond acceptors (Lipinski definition) is 5. The first kappa shape index (κ1) is 15.7. The molecule has 7 nitrogen and oxygen atoms in total. The molecule has 0 N–H and O–H groups in total. The Labute approximate surface area is 138 Å². The van der Waals surface area contributed by atoms with E-state index in [9.17, 15) is 14.9 Å². The minimum absolute atomic E-state index is 0.238. The number of carbonyl (C=O) groups excluding carboxylic acids is 1. The predicted molar refractivity (Wildman–Crippen MR) is 89.9 cm³/mol. The molecule has 2 aromatic rings. The van der Waals surface area contributed by atoms with Crippen LogP contribution in [0.25, 0.3) is 6.08 Å². The van der Waals surface area contributed by atoms with Gasteiger partial charge in [0.1, 0.15) is 10.7 Å². The monoisotopic (exact) mass is 325 g/mol. The van der Waals surface area contributed by atoms with Gasteiger partial charge in [-0.1, -0.05) is 6.07 Å². The van der Waals surface area contributed by atoms with E-state index < -0.39 is 4.92 Å². The van der Waals surface area contributed by atoms with Gasteiger partial charge in [-0.15, -0.1) is 0 Å². The van der Waals surface area contributed by atoms with Crippen LogP contribution in [0.5, 0.6) is 0 Å². The first-order chi connectivity index (χ1) is 11.4. The molecule has 1 aromatic heterocycles. The molecule has 0 radical (unpaired) electrons. The third-order valence-corrected chi connectivity index (χ3v) is 3.88. The molecule has 0 aliphatic carbocycles. The summed E-state index contributed by atoms with van der Waals surface area (Å²) in [6.45, 7) is 5.67. The fourth-order valence-electron chi connectivity index (χ4n) is 2.38. The summed E-state index contributed by atoms with van der Waals surface area (Å²) in [4.78, 5) is 22.7. The standard InChI is InChI=1S/C17H15N3O4/c1-10-4-5-13(8-11(10)2)19-17(21)15(12(3)18-19)9-14-6-7-16(24-14)20(22)23/h4-9H,1-3H3. The van der Waals surface area contributed by atoms with Crippen molar-refractivity contribution in [2.75, 3.05) is 5.01 Å². The molecule has 122 valence electrons. The average Bonchev–Trinajstić information content (AvgIpc) is 3.11. The fraction of sp³-hybridized carbons (Fsp3) is 0.176. The average molecular weight is 325 g/mol. The summed E-state index contributed by atoms with van der Waals surface area (Å²) >= 11 is 0. The highest BCUT2D eigenvalue weighted by molar-refractivity contribution is 6.32. The van der Waals surface area contributed by atoms with Crippen molar-refractivity contribution in [1.29, 1.82) is 0 Å². The highest BCUT2D eigenvalue weighted by Gasteiger charge is 2.29. The van der Waals surface area contributed by atoms with Crippen molar-refractivity contribution in [3.63, 3.8) is 0 Å². The summed E-state index contributed by atoms with van der Waals surface area (Å²) in [6.07, 6.45) is 1.47. The van der Waals surface area contributed by atoms with Gasteiger partial charge < -0.3 is 4.42 Å². The molecule has 3 rings (SSSR count). The maximum Gasteiger partial charge on any atom is 0.433 e. The van der Waals surface area contributed by atoms with E-state index in [4.69, 9.17) is 4.42 Å². The minimum atomic E-state index is -0.624. The lowest BCUT2D eigenvalue weighted by atomic mass is 10.1. The van der Waals surface area contributed by atoms with E-state index in [-0.39, 0.29) is 17.6 Å². The normalized spacial score (nSPS) is 16.0. The second-order valence-corrected chi connectivity index (χ2v) is 5.56. The van der Waals surface area contributed by atoms with Gasteiger partial charge in [-0.05, 0) is 56.2 Å². The molecule has 0 saturated heterocycles. The van der Waals surface area contributed by atoms with Gasteiger partial charge in [0.15, 0.2) is 0 Å². The molecule has 0 bridgehead atoms. The van der Waals surface area contributed by atoms with Gasteiger partial charge in [-0.2, -0.15) is 10.1 Å². The fourth-order valence-corrected chi connectivity index (χ4v) is 2.38. The molecule has 1 aliphatic heterocycles. The van der Waals surface area contributed by atoms with Crippen molar-refractivity contribution in [2.24, 2.45) is 5.10 Å². The van der Waals surface area contributed by atoms with Crippen LogP contribution < -0.4 is 5.01 Å². The van der Waals surface area contributed by atoms with Crippen molar-refractivity contribution in [2.45, 2.75) is 20.8 Å². The zero-order valence-electron chi connectivity index (χ0n) is 13.4. The number of anilines is 1. The lowest BCUT2D eigenvalue weighted by Crippen LogP contribution is -2.21. The van der Waals surface area contributed by atoms with Crippen molar-refractivity contribution in [1.82, 2.24) is 0 Å². The lowest BCUT2D eigenvalue weighted by molar-refractivity contribution is -0.402. The summed E-state index contributed by atoms with van der Waals surface area (Å²) in [5, 5.41) is 16.3. The van der Waals surface area contributed by atoms with E-state index in [0.29, 0.717) is 17.0 Å². The molecule has 0 atom stereocenters. The summed E-state index contributed by atoms with van der Waals surface area (Å²) in [6, 6.07) is 8.35. The number of amides is 1. The van der Waals surface area contributed by atoms with Crippen molar-refractivity contribution < 1.29 is 14.1 Å². The van der Waals surface area contributed by atoms with Gasteiger partial charge in [-0.3, -0.25) is 14.9 Å². The predicted octanol–water partition coefficient (Wildman–Crippen LogP) is 3.61. The van der Waals surface area contributed by atoms with E-state index in [1.165, 1.54) is 23.2 Å². The number of nitrogens with zero attached hydrogens (tertiary/aromatic N) is 3. The number of benzene rings is 1. The van der Waals surface area contributed by atoms with Crippen molar-refractivity contribution in [3.05, 3.63) is 62.9 Å². The van der Waals surface area contributed by atoms with Crippen LogP contribution in [0.3, 0.4) is 0 Å². The number of hydrazone groups is 1. The molecule has 0 spiro atoms. The third-order valence-electron chi connectivity index (χ3n) is 3.88. The molecule has 1 aliphatic rings. The van der Waals surface area contributed by atoms with E-state index >= 15 is 0 Å². The molecule has 24 heavy (non-hydrogen) atoms. The number of nitro groups is 1. The quantitative estimate of drug-likeness (QED) is 0.490. The van der Waals surface area contributed by atoms with Gasteiger partial charge >= 0.3 is 5.88 Å². The highest BCUT2D eigenvalue weighted by Crippen LogP contribution is 2.27. The molecule has 2 heterocycles. The van der Waals surface area contributed by atoms with Crippen molar-refractivity contribution >= 4 is 29.3 Å². The van der Waals surface area contributed by atoms with E-state index in [0.717, 1.165) is 11.1 Å². The van der Waals surface area contributed by atoms with Gasteiger partial charge in [-0.25, -0.2) is 0 Å². The molecule has 0 saturated carbocycles. The van der Waals surface area contributed by atoms with Gasteiger partial charge in [0.25, 0.3) is 5.91 Å². The van der Waals surface area contributed by atoms with E-state index in [1.54, 1.807) is 6.92 Å². The Bertz CT molecular complexity index is 908. The van der Waals surface area contributed by atoms with Gasteiger partial charge in [0, 0.05) is 0 Å². The van der Waals surface area contributed by atoms with E-state index in [2.05, 4.69) is 5.10 Å². The molecule has 0 unspecified atom stereocenters. The van der Waals surface area contributed by atoms with Gasteiger partial charge in [0.2, 0.25) is 0 Å². The molecule has 1 amide bonds. The van der Waals surface area contributed by atoms with Crippen LogP contribution in [-0.4, -0.2) is 16.5 Å². The van der Waals surface area contributed by atoms with Gasteiger partial charge in [0.05, 0.1) is 23.0 Å². The minimum Gasteiger partial charge on any atom is -0.401 e. The Kier molecular flexibility index (Phi) is 3.76. The SMILES string of the molecule is CC1=NN(c2ccc(C)c(C)c2)C(=O)C1=Cc1ccc([N+](=O)[O-])o1. The summed E-state index contributed by atoms with van der Waals surface area (Å²) < 4.78 is 5.08. The first-order valence-corrected chi connectivity index (χ1v) is 7.30. The first-order valence-electron chi connectivity index (χ1n) is 7.30. The Morgan fingerprint density at radius 1 is 1.17 bits per heavy atom. The topological polar surface area (TPSA) is 89.0 Å². The van der Waals surface area contributed by atoms with Crippen LogP contribution in [0.1, 0.15) is 23.8 Å². The van der Waals surface area contributed by atoms with Crippen LogP contribution in [0.4, 0.5) is 11.6 Å². The van der Waals surface area contributed by atoms with Crippen molar-refractivity contribution in [3.8, 4) is 0 Å². The zero-order chi connectivity index (χ0) is 17.4. The van der Waals surface area contributed by atoms with Crippen LogP contribution in [0, 0.1) is 24.0 Å². The largest absolute Gasteiger partial charge is 0.433 e. The number of furan rings is 1. The molecule has 1 aromatic carbocycles.